The molecular weight excluding hydrogens is 444 g/mol. The van der Waals surface area contributed by atoms with Gasteiger partial charge in [-0.05, 0) is 24.3 Å². The first-order valence-corrected chi connectivity index (χ1v) is 10.6. The average molecular weight is 465 g/mol. The summed E-state index contributed by atoms with van der Waals surface area (Å²) in [7, 11) is 3.39. The lowest BCUT2D eigenvalue weighted by atomic mass is 10.1. The molecule has 168 valence electrons. The Labute approximate surface area is 194 Å². The Morgan fingerprint density at radius 3 is 2.82 bits per heavy atom. The highest BCUT2D eigenvalue weighted by Gasteiger charge is 2.28. The van der Waals surface area contributed by atoms with E-state index in [0.717, 1.165) is 5.56 Å². The van der Waals surface area contributed by atoms with Gasteiger partial charge in [-0.15, -0.1) is 0 Å². The predicted molar refractivity (Wildman–Crippen MR) is 126 cm³/mol. The van der Waals surface area contributed by atoms with Gasteiger partial charge in [-0.25, -0.2) is 4.98 Å². The Morgan fingerprint density at radius 2 is 2.03 bits per heavy atom. The van der Waals surface area contributed by atoms with Crippen molar-refractivity contribution in [1.29, 1.82) is 0 Å². The molecule has 1 aliphatic rings. The number of nitrogens with one attached hydrogen (secondary N) is 3. The molecule has 0 bridgehead atoms. The zero-order valence-corrected chi connectivity index (χ0v) is 18.7. The highest BCUT2D eigenvalue weighted by Crippen LogP contribution is 2.39. The van der Waals surface area contributed by atoms with Crippen molar-refractivity contribution in [3.63, 3.8) is 0 Å². The van der Waals surface area contributed by atoms with Crippen LogP contribution in [0.25, 0.3) is 11.3 Å². The third-order valence-corrected chi connectivity index (χ3v) is 5.51. The summed E-state index contributed by atoms with van der Waals surface area (Å²) in [6.07, 6.45) is 3.53. The number of rotatable bonds is 6. The van der Waals surface area contributed by atoms with Gasteiger partial charge < -0.3 is 20.7 Å². The molecule has 0 atom stereocenters. The molecule has 0 saturated heterocycles. The van der Waals surface area contributed by atoms with Gasteiger partial charge in [0.15, 0.2) is 11.6 Å². The number of hydrogen-bond donors (Lipinski definition) is 3. The predicted octanol–water partition coefficient (Wildman–Crippen LogP) is 3.57. The summed E-state index contributed by atoms with van der Waals surface area (Å²) in [5.41, 5.74) is 3.01. The van der Waals surface area contributed by atoms with Crippen LogP contribution in [0.2, 0.25) is 5.02 Å². The van der Waals surface area contributed by atoms with E-state index >= 15 is 0 Å². The summed E-state index contributed by atoms with van der Waals surface area (Å²) in [6.45, 7) is 1.07. The molecule has 5 rings (SSSR count). The van der Waals surface area contributed by atoms with Crippen LogP contribution in [0, 0.1) is 0 Å². The fraction of sp³-hybridized carbons (Fsp3) is 0.182. The van der Waals surface area contributed by atoms with E-state index in [4.69, 9.17) is 21.4 Å². The highest BCUT2D eigenvalue weighted by atomic mass is 35.5. The first-order chi connectivity index (χ1) is 16.0. The Kier molecular flexibility index (Phi) is 5.35. The van der Waals surface area contributed by atoms with Crippen molar-refractivity contribution >= 4 is 40.5 Å². The van der Waals surface area contributed by atoms with Crippen LogP contribution in [-0.4, -0.2) is 44.1 Å². The summed E-state index contributed by atoms with van der Waals surface area (Å²) in [4.78, 5) is 17.2. The molecule has 11 heteroatoms. The van der Waals surface area contributed by atoms with Crippen LogP contribution in [0.4, 0.5) is 23.0 Å². The fourth-order valence-electron chi connectivity index (χ4n) is 3.74. The summed E-state index contributed by atoms with van der Waals surface area (Å²) in [5, 5.41) is 18.9. The van der Waals surface area contributed by atoms with Crippen molar-refractivity contribution in [1.82, 2.24) is 29.9 Å². The zero-order valence-electron chi connectivity index (χ0n) is 18.0. The third-order valence-electron chi connectivity index (χ3n) is 5.21. The molecule has 0 radical (unpaired) electrons. The Hall–Kier alpha value is -4.05. The first-order valence-electron chi connectivity index (χ1n) is 10.2. The van der Waals surface area contributed by atoms with Crippen LogP contribution in [0.5, 0.6) is 5.75 Å². The van der Waals surface area contributed by atoms with Crippen LogP contribution in [0.15, 0.2) is 48.8 Å². The van der Waals surface area contributed by atoms with Crippen LogP contribution in [-0.2, 0) is 13.6 Å². The van der Waals surface area contributed by atoms with Gasteiger partial charge in [0, 0.05) is 37.6 Å². The van der Waals surface area contributed by atoms with Gasteiger partial charge in [0.05, 0.1) is 30.1 Å². The number of methoxy groups -OCH3 is 1. The fourth-order valence-corrected chi connectivity index (χ4v) is 3.99. The Bertz CT molecular complexity index is 1350. The maximum atomic E-state index is 12.8. The molecular formula is C22H21ClN8O2. The molecule has 4 heterocycles. The van der Waals surface area contributed by atoms with Crippen LogP contribution < -0.4 is 20.7 Å². The number of ether oxygens (including phenoxy) is 1. The topological polar surface area (TPSA) is 111 Å². The third kappa shape index (κ3) is 3.96. The lowest BCUT2D eigenvalue weighted by molar-refractivity contribution is 0.0925. The van der Waals surface area contributed by atoms with Crippen LogP contribution in [0.3, 0.4) is 0 Å². The number of para-hydroxylation sites is 1. The smallest absolute Gasteiger partial charge is 0.271 e. The lowest BCUT2D eigenvalue weighted by Crippen LogP contribution is -2.35. The molecule has 0 unspecified atom stereocenters. The second-order valence-electron chi connectivity index (χ2n) is 7.43. The number of halogens is 1. The molecule has 1 aliphatic heterocycles. The zero-order chi connectivity index (χ0) is 22.9. The first kappa shape index (κ1) is 20.8. The normalized spacial score (nSPS) is 12.8. The second-order valence-corrected chi connectivity index (χ2v) is 7.83. The molecule has 3 N–H and O–H groups in total. The summed E-state index contributed by atoms with van der Waals surface area (Å²) >= 11 is 6.31. The van der Waals surface area contributed by atoms with Crippen molar-refractivity contribution in [2.45, 2.75) is 6.54 Å². The Morgan fingerprint density at radius 1 is 1.15 bits per heavy atom. The van der Waals surface area contributed by atoms with Gasteiger partial charge >= 0.3 is 0 Å². The van der Waals surface area contributed by atoms with Crippen LogP contribution in [0.1, 0.15) is 10.5 Å². The van der Waals surface area contributed by atoms with E-state index in [1.165, 1.54) is 0 Å². The lowest BCUT2D eigenvalue weighted by Gasteiger charge is -2.17. The van der Waals surface area contributed by atoms with Crippen molar-refractivity contribution < 1.29 is 9.53 Å². The minimum Gasteiger partial charge on any atom is -0.493 e. The molecule has 10 nitrogen and oxygen atoms in total. The molecule has 33 heavy (non-hydrogen) atoms. The second kappa shape index (κ2) is 8.47. The SMILES string of the molecule is COc1c(Cl)cccc1Nc1c(-c2ccnc(Nc3ccn(C)n3)c2)nn2c1C(=O)NCC2. The summed E-state index contributed by atoms with van der Waals surface area (Å²) < 4.78 is 8.89. The number of aromatic nitrogens is 5. The van der Waals surface area contributed by atoms with E-state index < -0.39 is 0 Å². The maximum Gasteiger partial charge on any atom is 0.271 e. The van der Waals surface area contributed by atoms with E-state index in [-0.39, 0.29) is 5.91 Å². The van der Waals surface area contributed by atoms with Crippen molar-refractivity contribution in [3.05, 3.63) is 59.5 Å². The maximum absolute atomic E-state index is 12.8. The summed E-state index contributed by atoms with van der Waals surface area (Å²) in [5.74, 6) is 1.55. The van der Waals surface area contributed by atoms with Gasteiger partial charge in [0.1, 0.15) is 17.2 Å². The number of pyridine rings is 1. The van der Waals surface area contributed by atoms with Gasteiger partial charge in [-0.1, -0.05) is 17.7 Å². The van der Waals surface area contributed by atoms with Gasteiger partial charge in [-0.3, -0.25) is 14.2 Å². The number of carbonyl (C=O) groups is 1. The number of aryl methyl sites for hydroxylation is 1. The molecule has 0 aliphatic carbocycles. The van der Waals surface area contributed by atoms with Crippen LogP contribution >= 0.6 is 11.6 Å². The number of nitrogens with zero attached hydrogens (tertiary/aromatic N) is 5. The van der Waals surface area contributed by atoms with E-state index in [0.29, 0.717) is 58.3 Å². The molecule has 1 amide bonds. The molecule has 0 fully saturated rings. The summed E-state index contributed by atoms with van der Waals surface area (Å²) in [6, 6.07) is 10.9. The standard InChI is InChI=1S/C22H21ClN8O2/c1-30-10-7-16(28-30)27-17-12-13(6-8-24-17)18-19(20-22(32)25-9-11-31(20)29-18)26-15-5-3-4-14(23)21(15)33-2/h3-8,10,12,26H,9,11H2,1-2H3,(H,25,32)(H,24,27,28). The van der Waals surface area contributed by atoms with E-state index in [9.17, 15) is 4.79 Å². The van der Waals surface area contributed by atoms with Crippen molar-refractivity contribution in [2.75, 3.05) is 24.3 Å². The number of amides is 1. The molecule has 3 aromatic heterocycles. The number of carbonyl (C=O) groups excluding carboxylic acids is 1. The molecule has 1 aromatic carbocycles. The van der Waals surface area contributed by atoms with Gasteiger partial charge in [0.25, 0.3) is 5.91 Å². The molecule has 0 saturated carbocycles. The number of benzene rings is 1. The van der Waals surface area contributed by atoms with Gasteiger partial charge in [-0.2, -0.15) is 10.2 Å². The quantitative estimate of drug-likeness (QED) is 0.400. The minimum atomic E-state index is -0.204. The number of hydrogen-bond acceptors (Lipinski definition) is 7. The van der Waals surface area contributed by atoms with E-state index in [2.05, 4.69) is 26.0 Å². The largest absolute Gasteiger partial charge is 0.493 e. The van der Waals surface area contributed by atoms with Crippen molar-refractivity contribution in [3.8, 4) is 17.0 Å². The van der Waals surface area contributed by atoms with Gasteiger partial charge in [0.2, 0.25) is 0 Å². The molecule has 0 spiro atoms. The number of fused-ring (bicyclic) bond motifs is 1. The monoisotopic (exact) mass is 464 g/mol. The van der Waals surface area contributed by atoms with E-state index in [1.54, 1.807) is 28.7 Å². The number of anilines is 4. The van der Waals surface area contributed by atoms with Crippen molar-refractivity contribution in [2.24, 2.45) is 7.05 Å². The highest BCUT2D eigenvalue weighted by molar-refractivity contribution is 6.32. The van der Waals surface area contributed by atoms with E-state index in [1.807, 2.05) is 43.6 Å². The Balaban J connectivity index is 1.59. The molecule has 4 aromatic rings. The average Bonchev–Trinajstić information content (AvgIpc) is 3.38. The minimum absolute atomic E-state index is 0.204.